The van der Waals surface area contributed by atoms with Crippen molar-refractivity contribution in [2.75, 3.05) is 0 Å². The molecule has 0 bridgehead atoms. The van der Waals surface area contributed by atoms with Crippen LogP contribution in [-0.2, 0) is 0 Å². The maximum absolute atomic E-state index is 12.2. The summed E-state index contributed by atoms with van der Waals surface area (Å²) in [5.74, 6) is -0.290. The topological polar surface area (TPSA) is 87.7 Å². The number of aromatic hydroxyl groups is 1. The van der Waals surface area contributed by atoms with Crippen molar-refractivity contribution in [3.63, 3.8) is 0 Å². The number of nitrogens with zero attached hydrogens (tertiary/aromatic N) is 1. The lowest BCUT2D eigenvalue weighted by Gasteiger charge is -2.09. The lowest BCUT2D eigenvalue weighted by molar-refractivity contribution is 0.0954. The maximum atomic E-state index is 12.2. The van der Waals surface area contributed by atoms with Gasteiger partial charge in [-0.2, -0.15) is 5.10 Å². The third kappa shape index (κ3) is 2.92. The zero-order valence-corrected chi connectivity index (χ0v) is 13.2. The lowest BCUT2D eigenvalue weighted by Crippen LogP contribution is -2.24. The number of aryl methyl sites for hydroxylation is 1. The van der Waals surface area contributed by atoms with Gasteiger partial charge in [-0.15, -0.1) is 0 Å². The van der Waals surface area contributed by atoms with E-state index in [2.05, 4.69) is 10.5 Å². The molecule has 5 heteroatoms. The first-order valence-corrected chi connectivity index (χ1v) is 7.48. The molecule has 0 aliphatic carbocycles. The number of phenols is 1. The van der Waals surface area contributed by atoms with Crippen molar-refractivity contribution in [3.05, 3.63) is 77.4 Å². The van der Waals surface area contributed by atoms with Gasteiger partial charge in [0.05, 0.1) is 5.56 Å². The van der Waals surface area contributed by atoms with Gasteiger partial charge in [-0.25, -0.2) is 5.43 Å². The summed E-state index contributed by atoms with van der Waals surface area (Å²) in [4.78, 5) is 12.2. The normalized spacial score (nSPS) is 11.5. The predicted octanol–water partition coefficient (Wildman–Crippen LogP) is 2.90. The molecule has 3 rings (SSSR count). The van der Waals surface area contributed by atoms with Crippen LogP contribution in [0, 0.1) is 6.92 Å². The number of fused-ring (bicyclic) bond motifs is 1. The molecule has 0 atom stereocenters. The number of nitrogens with one attached hydrogen (secondary N) is 1. The summed E-state index contributed by atoms with van der Waals surface area (Å²) in [7, 11) is 0. The second-order valence-corrected chi connectivity index (χ2v) is 5.43. The van der Waals surface area contributed by atoms with Crippen molar-refractivity contribution in [3.8, 4) is 5.75 Å². The van der Waals surface area contributed by atoms with E-state index in [1.165, 1.54) is 0 Å². The number of hydrogen-bond acceptors (Lipinski definition) is 3. The monoisotopic (exact) mass is 319 g/mol. The van der Waals surface area contributed by atoms with E-state index >= 15 is 0 Å². The van der Waals surface area contributed by atoms with Crippen molar-refractivity contribution in [1.82, 2.24) is 5.43 Å². The molecule has 0 saturated heterocycles. The highest BCUT2D eigenvalue weighted by Crippen LogP contribution is 2.26. The first-order chi connectivity index (χ1) is 11.6. The minimum Gasteiger partial charge on any atom is -0.507 e. The van der Waals surface area contributed by atoms with E-state index in [1.54, 1.807) is 24.3 Å². The summed E-state index contributed by atoms with van der Waals surface area (Å²) in [5.41, 5.74) is 10.2. The van der Waals surface area contributed by atoms with E-state index in [4.69, 9.17) is 5.73 Å². The summed E-state index contributed by atoms with van der Waals surface area (Å²) in [5, 5.41) is 15.8. The number of rotatable bonds is 3. The average molecular weight is 319 g/mol. The van der Waals surface area contributed by atoms with Crippen LogP contribution in [0.5, 0.6) is 5.75 Å². The third-order valence-electron chi connectivity index (χ3n) is 3.83. The fourth-order valence-corrected chi connectivity index (χ4v) is 2.58. The number of hydrogen-bond donors (Lipinski definition) is 3. The van der Waals surface area contributed by atoms with Crippen molar-refractivity contribution >= 4 is 22.5 Å². The number of hydrazone groups is 1. The zero-order valence-electron chi connectivity index (χ0n) is 13.2. The van der Waals surface area contributed by atoms with Crippen LogP contribution in [0.4, 0.5) is 0 Å². The standard InChI is InChI=1S/C19H17N3O2/c1-12-6-2-4-8-14(12)19(24)22-21-18(20)17-15-9-5-3-7-13(15)10-11-16(17)23/h2-11,23H,1H3,(H2,20,21)(H,22,24). The van der Waals surface area contributed by atoms with Gasteiger partial charge in [0, 0.05) is 5.56 Å². The molecular formula is C19H17N3O2. The van der Waals surface area contributed by atoms with Gasteiger partial charge in [0.25, 0.3) is 5.91 Å². The number of phenolic OH excluding ortho intramolecular Hbond substituents is 1. The van der Waals surface area contributed by atoms with E-state index in [0.29, 0.717) is 11.1 Å². The summed E-state index contributed by atoms with van der Waals surface area (Å²) in [6.07, 6.45) is 0. The summed E-state index contributed by atoms with van der Waals surface area (Å²) < 4.78 is 0. The third-order valence-corrected chi connectivity index (χ3v) is 3.83. The second kappa shape index (κ2) is 6.42. The molecule has 0 unspecified atom stereocenters. The van der Waals surface area contributed by atoms with Crippen molar-refractivity contribution in [1.29, 1.82) is 0 Å². The number of carbonyl (C=O) groups excluding carboxylic acids is 1. The molecule has 0 aliphatic rings. The number of nitrogens with two attached hydrogens (primary N) is 1. The van der Waals surface area contributed by atoms with Crippen LogP contribution in [0.15, 0.2) is 65.8 Å². The molecule has 1 amide bonds. The van der Waals surface area contributed by atoms with E-state index in [-0.39, 0.29) is 17.5 Å². The van der Waals surface area contributed by atoms with Gasteiger partial charge in [0.1, 0.15) is 5.75 Å². The van der Waals surface area contributed by atoms with Crippen LogP contribution in [0.3, 0.4) is 0 Å². The Labute approximate surface area is 139 Å². The highest BCUT2D eigenvalue weighted by molar-refractivity contribution is 6.11. The Morgan fingerprint density at radius 3 is 2.54 bits per heavy atom. The van der Waals surface area contributed by atoms with Crippen LogP contribution in [0.1, 0.15) is 21.5 Å². The molecule has 0 aliphatic heterocycles. The van der Waals surface area contributed by atoms with Gasteiger partial charge in [0.15, 0.2) is 5.84 Å². The Morgan fingerprint density at radius 2 is 1.75 bits per heavy atom. The summed E-state index contributed by atoms with van der Waals surface area (Å²) in [6.45, 7) is 1.85. The van der Waals surface area contributed by atoms with Crippen LogP contribution in [0.2, 0.25) is 0 Å². The van der Waals surface area contributed by atoms with Crippen molar-refractivity contribution < 1.29 is 9.90 Å². The second-order valence-electron chi connectivity index (χ2n) is 5.43. The quantitative estimate of drug-likeness (QED) is 0.394. The van der Waals surface area contributed by atoms with E-state index in [0.717, 1.165) is 16.3 Å². The Balaban J connectivity index is 1.94. The molecule has 0 spiro atoms. The van der Waals surface area contributed by atoms with Crippen LogP contribution < -0.4 is 11.2 Å². The number of carbonyl (C=O) groups is 1. The molecule has 0 radical (unpaired) electrons. The fourth-order valence-electron chi connectivity index (χ4n) is 2.58. The average Bonchev–Trinajstić information content (AvgIpc) is 2.59. The molecule has 4 N–H and O–H groups in total. The van der Waals surface area contributed by atoms with Gasteiger partial charge in [-0.1, -0.05) is 48.5 Å². The van der Waals surface area contributed by atoms with E-state index in [1.807, 2.05) is 43.3 Å². The molecule has 3 aromatic rings. The van der Waals surface area contributed by atoms with Gasteiger partial charge in [-0.3, -0.25) is 4.79 Å². The molecular weight excluding hydrogens is 302 g/mol. The van der Waals surface area contributed by atoms with Crippen LogP contribution >= 0.6 is 0 Å². The molecule has 0 heterocycles. The van der Waals surface area contributed by atoms with Gasteiger partial charge >= 0.3 is 0 Å². The Hall–Kier alpha value is -3.34. The van der Waals surface area contributed by atoms with Gasteiger partial charge < -0.3 is 10.8 Å². The lowest BCUT2D eigenvalue weighted by atomic mass is 10.0. The minimum atomic E-state index is -0.351. The Kier molecular flexibility index (Phi) is 4.16. The first-order valence-electron chi connectivity index (χ1n) is 7.48. The highest BCUT2D eigenvalue weighted by Gasteiger charge is 2.12. The SMILES string of the molecule is Cc1ccccc1C(=O)N/N=C(\N)c1c(O)ccc2ccccc12. The Bertz CT molecular complexity index is 948. The van der Waals surface area contributed by atoms with Gasteiger partial charge in [0.2, 0.25) is 0 Å². The molecule has 3 aromatic carbocycles. The van der Waals surface area contributed by atoms with E-state index < -0.39 is 0 Å². The van der Waals surface area contributed by atoms with E-state index in [9.17, 15) is 9.90 Å². The number of amidine groups is 1. The largest absolute Gasteiger partial charge is 0.507 e. The molecule has 0 fully saturated rings. The predicted molar refractivity (Wildman–Crippen MR) is 95.0 cm³/mol. The maximum Gasteiger partial charge on any atom is 0.271 e. The number of benzene rings is 3. The molecule has 5 nitrogen and oxygen atoms in total. The van der Waals surface area contributed by atoms with Crippen LogP contribution in [-0.4, -0.2) is 16.8 Å². The highest BCUT2D eigenvalue weighted by atomic mass is 16.3. The molecule has 120 valence electrons. The molecule has 24 heavy (non-hydrogen) atoms. The first kappa shape index (κ1) is 15.6. The van der Waals surface area contributed by atoms with Gasteiger partial charge in [-0.05, 0) is 35.4 Å². The molecule has 0 aromatic heterocycles. The Morgan fingerprint density at radius 1 is 1.04 bits per heavy atom. The zero-order chi connectivity index (χ0) is 17.1. The number of amides is 1. The van der Waals surface area contributed by atoms with Crippen molar-refractivity contribution in [2.24, 2.45) is 10.8 Å². The summed E-state index contributed by atoms with van der Waals surface area (Å²) in [6, 6.07) is 18.1. The fraction of sp³-hybridized carbons (Fsp3) is 0.0526. The minimum absolute atomic E-state index is 0.0140. The smallest absolute Gasteiger partial charge is 0.271 e. The summed E-state index contributed by atoms with van der Waals surface area (Å²) >= 11 is 0. The molecule has 0 saturated carbocycles. The van der Waals surface area contributed by atoms with Crippen molar-refractivity contribution in [2.45, 2.75) is 6.92 Å². The van der Waals surface area contributed by atoms with Crippen LogP contribution in [0.25, 0.3) is 10.8 Å².